The molecule has 1 unspecified atom stereocenters. The third-order valence-electron chi connectivity index (χ3n) is 3.07. The average molecular weight is 338 g/mol. The maximum atomic E-state index is 13.0. The van der Waals surface area contributed by atoms with Crippen molar-refractivity contribution in [2.75, 3.05) is 18.6 Å². The van der Waals surface area contributed by atoms with Gasteiger partial charge in [-0.3, -0.25) is 0 Å². The molecule has 1 fully saturated rings. The van der Waals surface area contributed by atoms with Gasteiger partial charge in [0, 0.05) is 16.7 Å². The van der Waals surface area contributed by atoms with Crippen molar-refractivity contribution < 1.29 is 22.7 Å². The van der Waals surface area contributed by atoms with Crippen LogP contribution in [0.4, 0.5) is 18.9 Å². The van der Waals surface area contributed by atoms with Gasteiger partial charge in [-0.05, 0) is 24.6 Å². The van der Waals surface area contributed by atoms with Crippen molar-refractivity contribution in [2.45, 2.75) is 18.6 Å². The second-order valence-electron chi connectivity index (χ2n) is 4.18. The molecule has 0 N–H and O–H groups in total. The number of esters is 1. The van der Waals surface area contributed by atoms with Crippen LogP contribution < -0.4 is 4.90 Å². The van der Waals surface area contributed by atoms with Crippen LogP contribution in [0.5, 0.6) is 0 Å². The fraction of sp³-hybridized carbons (Fsp3) is 0.417. The minimum Gasteiger partial charge on any atom is -0.467 e. The Morgan fingerprint density at radius 2 is 2.16 bits per heavy atom. The molecule has 1 aromatic rings. The molecule has 0 aliphatic carbocycles. The van der Waals surface area contributed by atoms with Gasteiger partial charge >= 0.3 is 12.1 Å². The Balaban J connectivity index is 2.38. The number of ether oxygens (including phenoxy) is 1. The molecule has 3 nitrogen and oxygen atoms in total. The van der Waals surface area contributed by atoms with Gasteiger partial charge in [0.2, 0.25) is 0 Å². The van der Waals surface area contributed by atoms with Gasteiger partial charge in [-0.15, -0.1) is 0 Å². The van der Waals surface area contributed by atoms with Crippen LogP contribution in [0.2, 0.25) is 0 Å². The molecule has 1 heterocycles. The largest absolute Gasteiger partial charge is 0.467 e. The molecule has 0 amide bonds. The average Bonchev–Trinajstić information content (AvgIpc) is 2.28. The lowest BCUT2D eigenvalue weighted by Gasteiger charge is -2.41. The summed E-state index contributed by atoms with van der Waals surface area (Å²) in [5.74, 6) is -0.512. The number of carbonyl (C=O) groups excluding carboxylic acids is 1. The minimum atomic E-state index is -4.46. The van der Waals surface area contributed by atoms with Crippen molar-refractivity contribution in [3.63, 3.8) is 0 Å². The van der Waals surface area contributed by atoms with E-state index in [-0.39, 0.29) is 5.69 Å². The number of halogens is 4. The lowest BCUT2D eigenvalue weighted by Crippen LogP contribution is -2.53. The number of alkyl halides is 3. The summed E-state index contributed by atoms with van der Waals surface area (Å²) >= 11 is 3.03. The van der Waals surface area contributed by atoms with Gasteiger partial charge in [0.25, 0.3) is 0 Å². The first-order chi connectivity index (χ1) is 8.84. The number of nitrogens with zero attached hydrogens (tertiary/aromatic N) is 1. The monoisotopic (exact) mass is 337 g/mol. The Hall–Kier alpha value is -1.24. The fourth-order valence-corrected chi connectivity index (χ4v) is 2.40. The van der Waals surface area contributed by atoms with E-state index in [9.17, 15) is 18.0 Å². The van der Waals surface area contributed by atoms with Crippen molar-refractivity contribution in [1.82, 2.24) is 0 Å². The Kier molecular flexibility index (Phi) is 3.75. The van der Waals surface area contributed by atoms with Crippen LogP contribution in [0.1, 0.15) is 12.0 Å². The molecule has 1 saturated heterocycles. The summed E-state index contributed by atoms with van der Waals surface area (Å²) < 4.78 is 43.9. The van der Waals surface area contributed by atoms with Crippen molar-refractivity contribution in [1.29, 1.82) is 0 Å². The van der Waals surface area contributed by atoms with E-state index in [1.54, 1.807) is 0 Å². The molecule has 1 aliphatic rings. The summed E-state index contributed by atoms with van der Waals surface area (Å²) in [6.45, 7) is 0.407. The predicted molar refractivity (Wildman–Crippen MR) is 66.9 cm³/mol. The van der Waals surface area contributed by atoms with Crippen LogP contribution in [0.15, 0.2) is 22.7 Å². The normalized spacial score (nSPS) is 19.0. The van der Waals surface area contributed by atoms with E-state index in [4.69, 9.17) is 0 Å². The van der Waals surface area contributed by atoms with E-state index >= 15 is 0 Å². The molecular weight excluding hydrogens is 327 g/mol. The van der Waals surface area contributed by atoms with E-state index in [1.807, 2.05) is 0 Å². The van der Waals surface area contributed by atoms with Gasteiger partial charge in [0.05, 0.1) is 12.7 Å². The molecular formula is C12H11BrF3NO2. The zero-order valence-corrected chi connectivity index (χ0v) is 11.6. The van der Waals surface area contributed by atoms with Gasteiger partial charge in [0.15, 0.2) is 0 Å². The second-order valence-corrected chi connectivity index (χ2v) is 5.10. The Labute approximate surface area is 116 Å². The van der Waals surface area contributed by atoms with Crippen LogP contribution >= 0.6 is 15.9 Å². The summed E-state index contributed by atoms with van der Waals surface area (Å²) in [6, 6.07) is 3.27. The quantitative estimate of drug-likeness (QED) is 0.776. The highest BCUT2D eigenvalue weighted by molar-refractivity contribution is 9.10. The molecule has 104 valence electrons. The molecule has 0 radical (unpaired) electrons. The number of anilines is 1. The van der Waals surface area contributed by atoms with Gasteiger partial charge in [-0.1, -0.05) is 15.9 Å². The standard InChI is InChI=1S/C12H11BrF3NO2/c1-19-11(18)10-4-5-17(10)9-3-2-7(13)6-8(9)12(14,15)16/h2-3,6,10H,4-5H2,1H3. The Morgan fingerprint density at radius 1 is 1.47 bits per heavy atom. The molecule has 0 bridgehead atoms. The number of carbonyl (C=O) groups is 1. The van der Waals surface area contributed by atoms with E-state index in [0.29, 0.717) is 17.4 Å². The van der Waals surface area contributed by atoms with Crippen molar-refractivity contribution in [2.24, 2.45) is 0 Å². The second kappa shape index (κ2) is 5.03. The van der Waals surface area contributed by atoms with Crippen molar-refractivity contribution in [3.8, 4) is 0 Å². The summed E-state index contributed by atoms with van der Waals surface area (Å²) in [5, 5.41) is 0. The first-order valence-corrected chi connectivity index (χ1v) is 6.35. The highest BCUT2D eigenvalue weighted by atomic mass is 79.9. The topological polar surface area (TPSA) is 29.5 Å². The Morgan fingerprint density at radius 3 is 2.63 bits per heavy atom. The summed E-state index contributed by atoms with van der Waals surface area (Å²) in [5.41, 5.74) is -0.743. The highest BCUT2D eigenvalue weighted by Gasteiger charge is 2.41. The minimum absolute atomic E-state index is 0.0114. The molecule has 0 spiro atoms. The predicted octanol–water partition coefficient (Wildman–Crippen LogP) is 3.22. The van der Waals surface area contributed by atoms with Crippen LogP contribution in [0, 0.1) is 0 Å². The van der Waals surface area contributed by atoms with Gasteiger partial charge in [0.1, 0.15) is 6.04 Å². The molecule has 1 aromatic carbocycles. The molecule has 0 saturated carbocycles. The number of benzene rings is 1. The van der Waals surface area contributed by atoms with Crippen molar-refractivity contribution >= 4 is 27.6 Å². The molecule has 7 heteroatoms. The van der Waals surface area contributed by atoms with Gasteiger partial charge < -0.3 is 9.64 Å². The lowest BCUT2D eigenvalue weighted by atomic mass is 9.99. The maximum absolute atomic E-state index is 13.0. The van der Waals surface area contributed by atoms with Crippen LogP contribution in [0.25, 0.3) is 0 Å². The SMILES string of the molecule is COC(=O)C1CCN1c1ccc(Br)cc1C(F)(F)F. The van der Waals surface area contributed by atoms with Gasteiger partial charge in [-0.25, -0.2) is 4.79 Å². The van der Waals surface area contributed by atoms with Crippen LogP contribution in [0.3, 0.4) is 0 Å². The van der Waals surface area contributed by atoms with Crippen LogP contribution in [-0.4, -0.2) is 25.7 Å². The number of rotatable bonds is 2. The van der Waals surface area contributed by atoms with Crippen LogP contribution in [-0.2, 0) is 15.7 Å². The maximum Gasteiger partial charge on any atom is 0.418 e. The smallest absolute Gasteiger partial charge is 0.418 e. The number of hydrogen-bond acceptors (Lipinski definition) is 3. The summed E-state index contributed by atoms with van der Waals surface area (Å²) in [7, 11) is 1.23. The lowest BCUT2D eigenvalue weighted by molar-refractivity contribution is -0.144. The van der Waals surface area contributed by atoms with E-state index < -0.39 is 23.8 Å². The highest BCUT2D eigenvalue weighted by Crippen LogP contribution is 2.41. The van der Waals surface area contributed by atoms with Gasteiger partial charge in [-0.2, -0.15) is 13.2 Å². The first-order valence-electron chi connectivity index (χ1n) is 5.56. The summed E-state index contributed by atoms with van der Waals surface area (Å²) in [4.78, 5) is 12.9. The molecule has 19 heavy (non-hydrogen) atoms. The number of methoxy groups -OCH3 is 1. The zero-order chi connectivity index (χ0) is 14.2. The summed E-state index contributed by atoms with van der Waals surface area (Å²) in [6.07, 6.45) is -3.96. The molecule has 0 aromatic heterocycles. The van der Waals surface area contributed by atoms with E-state index in [1.165, 1.54) is 24.1 Å². The molecule has 1 aliphatic heterocycles. The Bertz CT molecular complexity index is 504. The molecule has 1 atom stereocenters. The van der Waals surface area contributed by atoms with Crippen molar-refractivity contribution in [3.05, 3.63) is 28.2 Å². The first kappa shape index (κ1) is 14.2. The fourth-order valence-electron chi connectivity index (χ4n) is 2.04. The third-order valence-corrected chi connectivity index (χ3v) is 3.56. The van der Waals surface area contributed by atoms with E-state index in [2.05, 4.69) is 20.7 Å². The zero-order valence-electron chi connectivity index (χ0n) is 10.00. The van der Waals surface area contributed by atoms with E-state index in [0.717, 1.165) is 6.07 Å². The number of hydrogen-bond donors (Lipinski definition) is 0. The third kappa shape index (κ3) is 2.70. The molecule has 2 rings (SSSR count).